The first kappa shape index (κ1) is 12.1. The molecule has 6 heteroatoms. The molecule has 1 atom stereocenters. The predicted molar refractivity (Wildman–Crippen MR) is 68.7 cm³/mol. The number of nitrogen functional groups attached to an aromatic ring is 1. The molecule has 0 radical (unpaired) electrons. The highest BCUT2D eigenvalue weighted by atomic mass is 15.3. The average Bonchev–Trinajstić information content (AvgIpc) is 2.71. The van der Waals surface area contributed by atoms with Gasteiger partial charge in [0.1, 0.15) is 17.5 Å². The van der Waals surface area contributed by atoms with Crippen LogP contribution in [0.3, 0.4) is 0 Å². The Morgan fingerprint density at radius 1 is 1.47 bits per heavy atom. The molecular weight excluding hydrogens is 216 g/mol. The van der Waals surface area contributed by atoms with Crippen molar-refractivity contribution in [1.29, 1.82) is 0 Å². The minimum Gasteiger partial charge on any atom is -0.368 e. The van der Waals surface area contributed by atoms with Gasteiger partial charge < -0.3 is 15.6 Å². The van der Waals surface area contributed by atoms with Crippen molar-refractivity contribution >= 4 is 11.6 Å². The summed E-state index contributed by atoms with van der Waals surface area (Å²) in [5, 5.41) is 3.34. The van der Waals surface area contributed by atoms with Gasteiger partial charge in [-0.3, -0.25) is 0 Å². The fraction of sp³-hybridized carbons (Fsp3) is 0.636. The van der Waals surface area contributed by atoms with Crippen LogP contribution in [0.5, 0.6) is 0 Å². The van der Waals surface area contributed by atoms with E-state index in [4.69, 9.17) is 5.84 Å². The van der Waals surface area contributed by atoms with E-state index in [1.807, 2.05) is 13.0 Å². The van der Waals surface area contributed by atoms with E-state index >= 15 is 0 Å². The SMILES string of the molecule is Cc1nc(NN)cc(NCC2CCCN2C)n1. The Balaban J connectivity index is 1.96. The van der Waals surface area contributed by atoms with E-state index in [0.29, 0.717) is 17.7 Å². The van der Waals surface area contributed by atoms with Crippen LogP contribution in [0.15, 0.2) is 6.07 Å². The molecule has 1 unspecified atom stereocenters. The predicted octanol–water partition coefficient (Wildman–Crippen LogP) is 0.577. The molecule has 1 aliphatic heterocycles. The normalized spacial score (nSPS) is 20.5. The van der Waals surface area contributed by atoms with Gasteiger partial charge >= 0.3 is 0 Å². The number of hydrazine groups is 1. The van der Waals surface area contributed by atoms with Crippen LogP contribution in [-0.4, -0.2) is 41.0 Å². The van der Waals surface area contributed by atoms with Crippen molar-refractivity contribution < 1.29 is 0 Å². The molecular formula is C11H20N6. The zero-order chi connectivity index (χ0) is 12.3. The lowest BCUT2D eigenvalue weighted by Gasteiger charge is -2.20. The summed E-state index contributed by atoms with van der Waals surface area (Å²) < 4.78 is 0. The third-order valence-electron chi connectivity index (χ3n) is 3.18. The highest BCUT2D eigenvalue weighted by molar-refractivity contribution is 5.46. The summed E-state index contributed by atoms with van der Waals surface area (Å²) in [5.74, 6) is 7.53. The van der Waals surface area contributed by atoms with Crippen LogP contribution in [0.1, 0.15) is 18.7 Å². The van der Waals surface area contributed by atoms with E-state index < -0.39 is 0 Å². The van der Waals surface area contributed by atoms with Gasteiger partial charge in [-0.25, -0.2) is 15.8 Å². The summed E-state index contributed by atoms with van der Waals surface area (Å²) in [7, 11) is 2.16. The van der Waals surface area contributed by atoms with Crippen molar-refractivity contribution in [3.05, 3.63) is 11.9 Å². The molecule has 0 saturated carbocycles. The fourth-order valence-electron chi connectivity index (χ4n) is 2.19. The first-order valence-electron chi connectivity index (χ1n) is 5.95. The number of aromatic nitrogens is 2. The molecule has 0 bridgehead atoms. The molecule has 1 aromatic heterocycles. The minimum atomic E-state index is 0.597. The van der Waals surface area contributed by atoms with Gasteiger partial charge in [-0.1, -0.05) is 0 Å². The molecule has 1 saturated heterocycles. The number of nitrogens with zero attached hydrogens (tertiary/aromatic N) is 3. The van der Waals surface area contributed by atoms with Crippen LogP contribution >= 0.6 is 0 Å². The summed E-state index contributed by atoms with van der Waals surface area (Å²) in [6.07, 6.45) is 2.52. The fourth-order valence-corrected chi connectivity index (χ4v) is 2.19. The first-order chi connectivity index (χ1) is 8.19. The van der Waals surface area contributed by atoms with Crippen LogP contribution in [0, 0.1) is 6.92 Å². The molecule has 2 heterocycles. The standard InChI is InChI=1S/C11H20N6/c1-8-14-10(6-11(15-8)16-12)13-7-9-4-3-5-17(9)2/h6,9H,3-5,7,12H2,1-2H3,(H2,13,14,15,16). The minimum absolute atomic E-state index is 0.597. The molecule has 0 spiro atoms. The second kappa shape index (κ2) is 5.29. The molecule has 17 heavy (non-hydrogen) atoms. The summed E-state index contributed by atoms with van der Waals surface area (Å²) in [6, 6.07) is 2.42. The third-order valence-corrected chi connectivity index (χ3v) is 3.18. The largest absolute Gasteiger partial charge is 0.368 e. The van der Waals surface area contributed by atoms with Gasteiger partial charge in [0, 0.05) is 18.7 Å². The maximum Gasteiger partial charge on any atom is 0.145 e. The number of hydrogen-bond donors (Lipinski definition) is 3. The Hall–Kier alpha value is -1.40. The van der Waals surface area contributed by atoms with Crippen LogP contribution in [0.2, 0.25) is 0 Å². The van der Waals surface area contributed by atoms with Crippen LogP contribution in [0.25, 0.3) is 0 Å². The second-order valence-electron chi connectivity index (χ2n) is 4.49. The summed E-state index contributed by atoms with van der Waals surface area (Å²) in [5.41, 5.74) is 2.54. The monoisotopic (exact) mass is 236 g/mol. The van der Waals surface area contributed by atoms with Gasteiger partial charge in [0.2, 0.25) is 0 Å². The van der Waals surface area contributed by atoms with Crippen molar-refractivity contribution in [2.75, 3.05) is 30.9 Å². The number of nitrogens with one attached hydrogen (secondary N) is 2. The Morgan fingerprint density at radius 2 is 2.24 bits per heavy atom. The summed E-state index contributed by atoms with van der Waals surface area (Å²) >= 11 is 0. The molecule has 0 aliphatic carbocycles. The highest BCUT2D eigenvalue weighted by Gasteiger charge is 2.20. The summed E-state index contributed by atoms with van der Waals surface area (Å²) in [6.45, 7) is 3.95. The number of aryl methyl sites for hydroxylation is 1. The van der Waals surface area contributed by atoms with Gasteiger partial charge in [-0.05, 0) is 33.4 Å². The zero-order valence-corrected chi connectivity index (χ0v) is 10.4. The quantitative estimate of drug-likeness (QED) is 0.524. The van der Waals surface area contributed by atoms with Crippen molar-refractivity contribution in [2.45, 2.75) is 25.8 Å². The molecule has 0 amide bonds. The third kappa shape index (κ3) is 3.04. The van der Waals surface area contributed by atoms with Crippen molar-refractivity contribution in [3.63, 3.8) is 0 Å². The maximum atomic E-state index is 5.35. The van der Waals surface area contributed by atoms with E-state index in [1.165, 1.54) is 19.4 Å². The zero-order valence-electron chi connectivity index (χ0n) is 10.4. The van der Waals surface area contributed by atoms with Crippen LogP contribution < -0.4 is 16.6 Å². The lowest BCUT2D eigenvalue weighted by molar-refractivity contribution is 0.322. The van der Waals surface area contributed by atoms with E-state index in [-0.39, 0.29) is 0 Å². The molecule has 4 N–H and O–H groups in total. The van der Waals surface area contributed by atoms with Gasteiger partial charge in [-0.15, -0.1) is 0 Å². The molecule has 1 aromatic rings. The number of likely N-dealkylation sites (tertiary alicyclic amines) is 1. The van der Waals surface area contributed by atoms with Crippen molar-refractivity contribution in [3.8, 4) is 0 Å². The van der Waals surface area contributed by atoms with Crippen LogP contribution in [-0.2, 0) is 0 Å². The second-order valence-corrected chi connectivity index (χ2v) is 4.49. The first-order valence-corrected chi connectivity index (χ1v) is 5.95. The Bertz CT molecular complexity index is 380. The van der Waals surface area contributed by atoms with Gasteiger partial charge in [-0.2, -0.15) is 0 Å². The lowest BCUT2D eigenvalue weighted by Crippen LogP contribution is -2.31. The number of anilines is 2. The van der Waals surface area contributed by atoms with Gasteiger partial charge in [0.25, 0.3) is 0 Å². The van der Waals surface area contributed by atoms with Crippen molar-refractivity contribution in [1.82, 2.24) is 14.9 Å². The summed E-state index contributed by atoms with van der Waals surface area (Å²) in [4.78, 5) is 10.9. The van der Waals surface area contributed by atoms with Crippen molar-refractivity contribution in [2.24, 2.45) is 5.84 Å². The van der Waals surface area contributed by atoms with Gasteiger partial charge in [0.05, 0.1) is 0 Å². The molecule has 94 valence electrons. The van der Waals surface area contributed by atoms with Crippen LogP contribution in [0.4, 0.5) is 11.6 Å². The molecule has 1 aliphatic rings. The smallest absolute Gasteiger partial charge is 0.145 e. The molecule has 0 aromatic carbocycles. The number of hydrogen-bond acceptors (Lipinski definition) is 6. The Kier molecular flexibility index (Phi) is 3.75. The Morgan fingerprint density at radius 3 is 2.88 bits per heavy atom. The Labute approximate surface area is 102 Å². The number of rotatable bonds is 4. The topological polar surface area (TPSA) is 79.1 Å². The number of nitrogens with two attached hydrogens (primary N) is 1. The highest BCUT2D eigenvalue weighted by Crippen LogP contribution is 2.16. The van der Waals surface area contributed by atoms with Gasteiger partial charge in [0.15, 0.2) is 0 Å². The molecule has 6 nitrogen and oxygen atoms in total. The average molecular weight is 236 g/mol. The molecule has 1 fully saturated rings. The van der Waals surface area contributed by atoms with E-state index in [1.54, 1.807) is 0 Å². The van der Waals surface area contributed by atoms with E-state index in [0.717, 1.165) is 12.4 Å². The molecule has 2 rings (SSSR count). The van der Waals surface area contributed by atoms with E-state index in [2.05, 4.69) is 32.7 Å². The number of likely N-dealkylation sites (N-methyl/N-ethyl adjacent to an activating group) is 1. The maximum absolute atomic E-state index is 5.35. The van der Waals surface area contributed by atoms with E-state index in [9.17, 15) is 0 Å². The lowest BCUT2D eigenvalue weighted by atomic mass is 10.2.